The van der Waals surface area contributed by atoms with Crippen LogP contribution in [-0.4, -0.2) is 45.4 Å². The Morgan fingerprint density at radius 3 is 2.43 bits per heavy atom. The average molecular weight is 287 g/mol. The first-order valence-corrected chi connectivity index (χ1v) is 7.10. The monoisotopic (exact) mass is 287 g/mol. The normalized spacial score (nSPS) is 10.7. The van der Waals surface area contributed by atoms with Gasteiger partial charge in [-0.25, -0.2) is 4.68 Å². The van der Waals surface area contributed by atoms with Crippen molar-refractivity contribution in [3.05, 3.63) is 47.3 Å². The molecule has 21 heavy (non-hydrogen) atoms. The van der Waals surface area contributed by atoms with Crippen molar-refractivity contribution in [1.82, 2.24) is 14.7 Å². The van der Waals surface area contributed by atoms with E-state index in [4.69, 9.17) is 5.11 Å². The third-order valence-electron chi connectivity index (χ3n) is 3.41. The summed E-state index contributed by atoms with van der Waals surface area (Å²) in [5.41, 5.74) is 3.58. The highest BCUT2D eigenvalue weighted by Gasteiger charge is 2.13. The van der Waals surface area contributed by atoms with E-state index >= 15 is 0 Å². The lowest BCUT2D eigenvalue weighted by atomic mass is 10.1. The molecule has 0 saturated heterocycles. The highest BCUT2D eigenvalue weighted by Crippen LogP contribution is 2.14. The Morgan fingerprint density at radius 1 is 1.29 bits per heavy atom. The SMILES string of the molecule is CCN(CCO)C(=O)c1ccc(-n2nc(C)cc2C)cc1. The second kappa shape index (κ2) is 6.54. The van der Waals surface area contributed by atoms with Crippen LogP contribution in [0.15, 0.2) is 30.3 Å². The van der Waals surface area contributed by atoms with Gasteiger partial charge in [0.1, 0.15) is 0 Å². The molecule has 0 bridgehead atoms. The summed E-state index contributed by atoms with van der Waals surface area (Å²) >= 11 is 0. The number of carbonyl (C=O) groups excluding carboxylic acids is 1. The molecule has 0 spiro atoms. The zero-order valence-electron chi connectivity index (χ0n) is 12.7. The molecule has 0 fully saturated rings. The van der Waals surface area contributed by atoms with Crippen LogP contribution in [0.5, 0.6) is 0 Å². The van der Waals surface area contributed by atoms with E-state index in [0.717, 1.165) is 17.1 Å². The minimum absolute atomic E-state index is 0.0244. The van der Waals surface area contributed by atoms with Crippen LogP contribution in [0, 0.1) is 13.8 Å². The minimum atomic E-state index is -0.0635. The summed E-state index contributed by atoms with van der Waals surface area (Å²) in [6.45, 7) is 6.77. The minimum Gasteiger partial charge on any atom is -0.395 e. The molecule has 5 nitrogen and oxygen atoms in total. The Balaban J connectivity index is 2.22. The number of aromatic nitrogens is 2. The second-order valence-electron chi connectivity index (χ2n) is 4.99. The van der Waals surface area contributed by atoms with Crippen molar-refractivity contribution in [2.24, 2.45) is 0 Å². The smallest absolute Gasteiger partial charge is 0.253 e. The highest BCUT2D eigenvalue weighted by molar-refractivity contribution is 5.94. The highest BCUT2D eigenvalue weighted by atomic mass is 16.3. The molecule has 1 heterocycles. The third-order valence-corrected chi connectivity index (χ3v) is 3.41. The maximum Gasteiger partial charge on any atom is 0.253 e. The van der Waals surface area contributed by atoms with Crippen LogP contribution in [0.3, 0.4) is 0 Å². The van der Waals surface area contributed by atoms with E-state index in [-0.39, 0.29) is 12.5 Å². The van der Waals surface area contributed by atoms with Crippen LogP contribution < -0.4 is 0 Å². The van der Waals surface area contributed by atoms with Gasteiger partial charge in [0.2, 0.25) is 0 Å². The fourth-order valence-electron chi connectivity index (χ4n) is 2.34. The number of rotatable bonds is 5. The van der Waals surface area contributed by atoms with Crippen LogP contribution in [-0.2, 0) is 0 Å². The van der Waals surface area contributed by atoms with E-state index in [1.54, 1.807) is 17.0 Å². The number of nitrogens with zero attached hydrogens (tertiary/aromatic N) is 3. The Bertz CT molecular complexity index is 617. The first-order chi connectivity index (χ1) is 10.1. The van der Waals surface area contributed by atoms with E-state index < -0.39 is 0 Å². The lowest BCUT2D eigenvalue weighted by Gasteiger charge is -2.19. The van der Waals surface area contributed by atoms with E-state index in [1.165, 1.54) is 0 Å². The van der Waals surface area contributed by atoms with Crippen molar-refractivity contribution in [1.29, 1.82) is 0 Å². The van der Waals surface area contributed by atoms with Crippen LogP contribution in [0.4, 0.5) is 0 Å². The quantitative estimate of drug-likeness (QED) is 0.914. The van der Waals surface area contributed by atoms with Gasteiger partial charge in [0, 0.05) is 24.3 Å². The van der Waals surface area contributed by atoms with E-state index in [0.29, 0.717) is 18.7 Å². The average Bonchev–Trinajstić information content (AvgIpc) is 2.83. The molecule has 1 amide bonds. The lowest BCUT2D eigenvalue weighted by molar-refractivity contribution is 0.0732. The van der Waals surface area contributed by atoms with Gasteiger partial charge >= 0.3 is 0 Å². The predicted molar refractivity (Wildman–Crippen MR) is 81.7 cm³/mol. The van der Waals surface area contributed by atoms with Crippen molar-refractivity contribution < 1.29 is 9.90 Å². The number of aryl methyl sites for hydroxylation is 2. The molecule has 0 aliphatic carbocycles. The number of hydrogen-bond acceptors (Lipinski definition) is 3. The standard InChI is InChI=1S/C16H21N3O2/c1-4-18(9-10-20)16(21)14-5-7-15(8-6-14)19-13(3)11-12(2)17-19/h5-8,11,20H,4,9-10H2,1-3H3. The summed E-state index contributed by atoms with van der Waals surface area (Å²) in [5.74, 6) is -0.0635. The van der Waals surface area contributed by atoms with E-state index in [1.807, 2.05) is 43.7 Å². The van der Waals surface area contributed by atoms with Crippen LogP contribution in [0.25, 0.3) is 5.69 Å². The first-order valence-electron chi connectivity index (χ1n) is 7.10. The molecule has 112 valence electrons. The van der Waals surface area contributed by atoms with Crippen molar-refractivity contribution in [3.63, 3.8) is 0 Å². The van der Waals surface area contributed by atoms with Gasteiger partial charge in [0.25, 0.3) is 5.91 Å². The summed E-state index contributed by atoms with van der Waals surface area (Å²) in [6.07, 6.45) is 0. The maximum absolute atomic E-state index is 12.3. The number of aliphatic hydroxyl groups excluding tert-OH is 1. The summed E-state index contributed by atoms with van der Waals surface area (Å²) in [7, 11) is 0. The van der Waals surface area contributed by atoms with Gasteiger partial charge in [-0.2, -0.15) is 5.10 Å². The molecule has 1 aromatic heterocycles. The lowest BCUT2D eigenvalue weighted by Crippen LogP contribution is -2.33. The molecule has 1 aromatic carbocycles. The molecule has 5 heteroatoms. The largest absolute Gasteiger partial charge is 0.395 e. The topological polar surface area (TPSA) is 58.4 Å². The molecule has 0 atom stereocenters. The summed E-state index contributed by atoms with van der Waals surface area (Å²) in [5, 5.41) is 13.4. The van der Waals surface area contributed by atoms with Crippen LogP contribution in [0.1, 0.15) is 28.7 Å². The Labute approximate surface area is 124 Å². The fraction of sp³-hybridized carbons (Fsp3) is 0.375. The molecule has 0 aliphatic rings. The Hall–Kier alpha value is -2.14. The van der Waals surface area contributed by atoms with Gasteiger partial charge in [0.15, 0.2) is 0 Å². The molecule has 0 unspecified atom stereocenters. The molecular weight excluding hydrogens is 266 g/mol. The van der Waals surface area contributed by atoms with Crippen LogP contribution >= 0.6 is 0 Å². The van der Waals surface area contributed by atoms with Gasteiger partial charge in [0.05, 0.1) is 18.0 Å². The van der Waals surface area contributed by atoms with E-state index in [2.05, 4.69) is 5.10 Å². The molecule has 2 aromatic rings. The predicted octanol–water partition coefficient (Wildman–Crippen LogP) is 1.94. The van der Waals surface area contributed by atoms with Gasteiger partial charge in [-0.15, -0.1) is 0 Å². The van der Waals surface area contributed by atoms with Gasteiger partial charge in [-0.1, -0.05) is 0 Å². The number of hydrogen-bond donors (Lipinski definition) is 1. The van der Waals surface area contributed by atoms with Gasteiger partial charge in [-0.3, -0.25) is 4.79 Å². The Morgan fingerprint density at radius 2 is 1.95 bits per heavy atom. The molecule has 0 saturated carbocycles. The maximum atomic E-state index is 12.3. The van der Waals surface area contributed by atoms with Crippen molar-refractivity contribution in [3.8, 4) is 5.69 Å². The van der Waals surface area contributed by atoms with Crippen molar-refractivity contribution in [2.75, 3.05) is 19.7 Å². The van der Waals surface area contributed by atoms with Gasteiger partial charge < -0.3 is 10.0 Å². The summed E-state index contributed by atoms with van der Waals surface area (Å²) < 4.78 is 1.86. The van der Waals surface area contributed by atoms with Crippen molar-refractivity contribution >= 4 is 5.91 Å². The molecule has 1 N–H and O–H groups in total. The zero-order chi connectivity index (χ0) is 15.4. The van der Waals surface area contributed by atoms with Crippen LogP contribution in [0.2, 0.25) is 0 Å². The fourth-order valence-corrected chi connectivity index (χ4v) is 2.34. The molecule has 2 rings (SSSR count). The first kappa shape index (κ1) is 15.3. The van der Waals surface area contributed by atoms with E-state index in [9.17, 15) is 4.79 Å². The number of aliphatic hydroxyl groups is 1. The zero-order valence-corrected chi connectivity index (χ0v) is 12.7. The molecule has 0 aliphatic heterocycles. The third kappa shape index (κ3) is 3.31. The number of benzene rings is 1. The number of amides is 1. The van der Waals surface area contributed by atoms with Gasteiger partial charge in [-0.05, 0) is 51.1 Å². The Kier molecular flexibility index (Phi) is 4.75. The second-order valence-corrected chi connectivity index (χ2v) is 4.99. The summed E-state index contributed by atoms with van der Waals surface area (Å²) in [4.78, 5) is 13.9. The summed E-state index contributed by atoms with van der Waals surface area (Å²) in [6, 6.07) is 9.39. The molecule has 0 radical (unpaired) electrons. The number of likely N-dealkylation sites (N-methyl/N-ethyl adjacent to an activating group) is 1. The molecular formula is C16H21N3O2. The number of carbonyl (C=O) groups is 1. The van der Waals surface area contributed by atoms with Crippen molar-refractivity contribution in [2.45, 2.75) is 20.8 Å².